The molecule has 3 heteroatoms. The van der Waals surface area contributed by atoms with Crippen molar-refractivity contribution in [1.29, 1.82) is 0 Å². The Labute approximate surface area is 68.3 Å². The Morgan fingerprint density at radius 1 is 1.27 bits per heavy atom. The number of hydroxylamine groups is 2. The van der Waals surface area contributed by atoms with Crippen LogP contribution >= 0.6 is 0 Å². The largest absolute Gasteiger partial charge is 0.312 e. The fourth-order valence-corrected chi connectivity index (χ4v) is 1.67. The maximum absolute atomic E-state index is 9.73. The first kappa shape index (κ1) is 8.97. The van der Waals surface area contributed by atoms with Crippen LogP contribution in [0.15, 0.2) is 0 Å². The molecule has 0 saturated carbocycles. The van der Waals surface area contributed by atoms with Crippen LogP contribution in [0.4, 0.5) is 0 Å². The Morgan fingerprint density at radius 3 is 1.82 bits per heavy atom. The van der Waals surface area contributed by atoms with Crippen molar-refractivity contribution in [2.45, 2.75) is 51.9 Å². The fourth-order valence-electron chi connectivity index (χ4n) is 1.67. The van der Waals surface area contributed by atoms with Crippen LogP contribution in [0.25, 0.3) is 0 Å². The van der Waals surface area contributed by atoms with Crippen LogP contribution in [0, 0.1) is 0 Å². The summed E-state index contributed by atoms with van der Waals surface area (Å²) in [5.41, 5.74) is -0.480. The lowest BCUT2D eigenvalue weighted by atomic mass is 9.98. The van der Waals surface area contributed by atoms with Crippen LogP contribution in [0.3, 0.4) is 0 Å². The van der Waals surface area contributed by atoms with E-state index < -0.39 is 0 Å². The van der Waals surface area contributed by atoms with Gasteiger partial charge in [0.25, 0.3) is 0 Å². The average Bonchev–Trinajstić information content (AvgIpc) is 1.94. The van der Waals surface area contributed by atoms with Gasteiger partial charge in [0.15, 0.2) is 0 Å². The molecule has 0 radical (unpaired) electrons. The van der Waals surface area contributed by atoms with Gasteiger partial charge in [0.05, 0.1) is 11.2 Å². The van der Waals surface area contributed by atoms with Crippen molar-refractivity contribution in [3.8, 4) is 0 Å². The van der Waals surface area contributed by atoms with Crippen molar-refractivity contribution < 1.29 is 5.21 Å². The molecule has 1 fully saturated rings. The van der Waals surface area contributed by atoms with Gasteiger partial charge in [-0.3, -0.25) is 5.32 Å². The Balaban J connectivity index is 2.89. The normalized spacial score (nSPS) is 36.0. The van der Waals surface area contributed by atoms with Gasteiger partial charge in [-0.05, 0) is 34.6 Å². The van der Waals surface area contributed by atoms with E-state index in [1.165, 1.54) is 5.06 Å². The Bertz CT molecular complexity index is 165. The zero-order valence-electron chi connectivity index (χ0n) is 7.97. The Morgan fingerprint density at radius 2 is 1.73 bits per heavy atom. The summed E-state index contributed by atoms with van der Waals surface area (Å²) in [5, 5.41) is 14.4. The Kier molecular flexibility index (Phi) is 1.78. The second-order valence-electron chi connectivity index (χ2n) is 4.39. The molecule has 0 aliphatic carbocycles. The van der Waals surface area contributed by atoms with Crippen molar-refractivity contribution in [1.82, 2.24) is 10.4 Å². The van der Waals surface area contributed by atoms with Gasteiger partial charge in [0.1, 0.15) is 0 Å². The molecule has 11 heavy (non-hydrogen) atoms. The van der Waals surface area contributed by atoms with E-state index in [2.05, 4.69) is 12.2 Å². The Hall–Kier alpha value is -0.120. The van der Waals surface area contributed by atoms with Gasteiger partial charge in [-0.15, -0.1) is 0 Å². The van der Waals surface area contributed by atoms with E-state index in [0.717, 1.165) is 0 Å². The van der Waals surface area contributed by atoms with Gasteiger partial charge in [-0.1, -0.05) is 0 Å². The number of nitrogens with one attached hydrogen (secondary N) is 1. The van der Waals surface area contributed by atoms with Crippen molar-refractivity contribution in [2.24, 2.45) is 0 Å². The van der Waals surface area contributed by atoms with Crippen LogP contribution in [0.1, 0.15) is 34.6 Å². The van der Waals surface area contributed by atoms with Crippen LogP contribution in [-0.2, 0) is 0 Å². The molecule has 1 aliphatic heterocycles. The second kappa shape index (κ2) is 2.19. The highest BCUT2D eigenvalue weighted by Crippen LogP contribution is 2.31. The zero-order valence-corrected chi connectivity index (χ0v) is 7.97. The van der Waals surface area contributed by atoms with Crippen LogP contribution < -0.4 is 5.32 Å². The first-order valence-electron chi connectivity index (χ1n) is 4.05. The third-order valence-corrected chi connectivity index (χ3v) is 2.70. The lowest BCUT2D eigenvalue weighted by Gasteiger charge is -2.33. The van der Waals surface area contributed by atoms with Gasteiger partial charge in [-0.25, -0.2) is 0 Å². The van der Waals surface area contributed by atoms with E-state index in [4.69, 9.17) is 0 Å². The first-order valence-corrected chi connectivity index (χ1v) is 4.05. The number of nitrogens with zero attached hydrogens (tertiary/aromatic N) is 1. The summed E-state index contributed by atoms with van der Waals surface area (Å²) in [6.45, 7) is 10.1. The summed E-state index contributed by atoms with van der Waals surface area (Å²) in [4.78, 5) is 0. The minimum Gasteiger partial charge on any atom is -0.312 e. The van der Waals surface area contributed by atoms with Crippen molar-refractivity contribution in [2.75, 3.05) is 0 Å². The molecule has 0 aromatic carbocycles. The fraction of sp³-hybridized carbons (Fsp3) is 1.00. The summed E-state index contributed by atoms with van der Waals surface area (Å²) < 4.78 is 0. The van der Waals surface area contributed by atoms with Gasteiger partial charge >= 0.3 is 0 Å². The van der Waals surface area contributed by atoms with E-state index >= 15 is 0 Å². The monoisotopic (exact) mass is 158 g/mol. The molecular weight excluding hydrogens is 140 g/mol. The molecule has 1 rings (SSSR count). The van der Waals surface area contributed by atoms with E-state index in [1.807, 2.05) is 27.7 Å². The lowest BCUT2D eigenvalue weighted by molar-refractivity contribution is -0.195. The zero-order chi connectivity index (χ0) is 8.86. The summed E-state index contributed by atoms with van der Waals surface area (Å²) in [6.07, 6.45) is 0. The molecule has 0 unspecified atom stereocenters. The first-order chi connectivity index (χ1) is 4.78. The molecular formula is C8H18N2O. The predicted octanol–water partition coefficient (Wildman–Crippen LogP) is 1.18. The molecule has 1 saturated heterocycles. The SMILES string of the molecule is C[C@H]1NC(C)(C)N(O)C1(C)C. The highest BCUT2D eigenvalue weighted by molar-refractivity contribution is 5.01. The maximum atomic E-state index is 9.73. The van der Waals surface area contributed by atoms with E-state index in [1.54, 1.807) is 0 Å². The van der Waals surface area contributed by atoms with Gasteiger partial charge in [0.2, 0.25) is 0 Å². The lowest BCUT2D eigenvalue weighted by Crippen LogP contribution is -2.49. The standard InChI is InChI=1S/C8H18N2O/c1-6-7(2,3)10(11)8(4,5)9-6/h6,9,11H,1-5H3/t6-/m1/s1. The summed E-state index contributed by atoms with van der Waals surface area (Å²) >= 11 is 0. The van der Waals surface area contributed by atoms with E-state index in [-0.39, 0.29) is 11.2 Å². The number of hydrogen-bond acceptors (Lipinski definition) is 3. The molecule has 0 amide bonds. The predicted molar refractivity (Wildman–Crippen MR) is 44.4 cm³/mol. The molecule has 0 aromatic heterocycles. The molecule has 0 bridgehead atoms. The summed E-state index contributed by atoms with van der Waals surface area (Å²) in [5.74, 6) is 0. The molecule has 0 aromatic rings. The van der Waals surface area contributed by atoms with Gasteiger partial charge < -0.3 is 5.21 Å². The van der Waals surface area contributed by atoms with E-state index in [0.29, 0.717) is 6.04 Å². The minimum atomic E-state index is -0.303. The van der Waals surface area contributed by atoms with Crippen molar-refractivity contribution in [3.05, 3.63) is 0 Å². The highest BCUT2D eigenvalue weighted by Gasteiger charge is 2.48. The van der Waals surface area contributed by atoms with Crippen molar-refractivity contribution >= 4 is 0 Å². The molecule has 2 N–H and O–H groups in total. The molecule has 1 aliphatic rings. The summed E-state index contributed by atoms with van der Waals surface area (Å²) in [7, 11) is 0. The van der Waals surface area contributed by atoms with Crippen LogP contribution in [0.2, 0.25) is 0 Å². The minimum absolute atomic E-state index is 0.177. The third kappa shape index (κ3) is 1.17. The quantitative estimate of drug-likeness (QED) is 0.556. The third-order valence-electron chi connectivity index (χ3n) is 2.70. The van der Waals surface area contributed by atoms with Crippen LogP contribution in [-0.4, -0.2) is 27.5 Å². The maximum Gasteiger partial charge on any atom is 0.0903 e. The molecule has 3 nitrogen and oxygen atoms in total. The molecule has 0 spiro atoms. The number of rotatable bonds is 0. The van der Waals surface area contributed by atoms with Gasteiger partial charge in [-0.2, -0.15) is 5.06 Å². The molecule has 1 atom stereocenters. The molecule has 1 heterocycles. The van der Waals surface area contributed by atoms with Crippen molar-refractivity contribution in [3.63, 3.8) is 0 Å². The topological polar surface area (TPSA) is 35.5 Å². The van der Waals surface area contributed by atoms with Crippen LogP contribution in [0.5, 0.6) is 0 Å². The molecule has 66 valence electrons. The number of hydrogen-bond donors (Lipinski definition) is 2. The highest BCUT2D eigenvalue weighted by atomic mass is 16.5. The van der Waals surface area contributed by atoms with Gasteiger partial charge in [0, 0.05) is 6.04 Å². The summed E-state index contributed by atoms with van der Waals surface area (Å²) in [6, 6.07) is 0.308. The van der Waals surface area contributed by atoms with E-state index in [9.17, 15) is 5.21 Å². The second-order valence-corrected chi connectivity index (χ2v) is 4.39. The average molecular weight is 158 g/mol. The smallest absolute Gasteiger partial charge is 0.0903 e.